The molecular weight excluding hydrogens is 807 g/mol. The van der Waals surface area contributed by atoms with Crippen LogP contribution >= 0.6 is 0 Å². The van der Waals surface area contributed by atoms with Crippen LogP contribution in [0.25, 0.3) is 0 Å². The second-order valence-corrected chi connectivity index (χ2v) is 17.0. The number of likely N-dealkylation sites (N-methyl/N-ethyl adjacent to an activating group) is 1. The summed E-state index contributed by atoms with van der Waals surface area (Å²) in [5, 5.41) is 0. The number of methoxy groups -OCH3 is 2. The molecule has 0 spiro atoms. The Balaban J connectivity index is 1.31. The van der Waals surface area contributed by atoms with Crippen molar-refractivity contribution in [3.8, 4) is 5.75 Å². The molecule has 0 saturated carbocycles. The number of benzene rings is 6. The zero-order valence-electron chi connectivity index (χ0n) is 38.2. The van der Waals surface area contributed by atoms with Crippen molar-refractivity contribution < 1.29 is 23.7 Å². The highest BCUT2D eigenvalue weighted by molar-refractivity contribution is 5.72. The van der Waals surface area contributed by atoms with Gasteiger partial charge in [0.2, 0.25) is 0 Å². The van der Waals surface area contributed by atoms with E-state index in [9.17, 15) is 4.79 Å². The van der Waals surface area contributed by atoms with Crippen molar-refractivity contribution >= 4 is 11.8 Å². The Morgan fingerprint density at radius 3 is 1.83 bits per heavy atom. The molecule has 0 N–H and O–H groups in total. The number of esters is 1. The van der Waals surface area contributed by atoms with Gasteiger partial charge in [0.1, 0.15) is 29.5 Å². The standard InChI is InChI=1S/C57H59N3O5/c1-40(2)60(38-42-22-12-7-13-23-42)52-35-34-50(56-59(4)41(3)55(65-56)43-24-14-8-15-25-43)54(58-52)51(37-53(61)63-6)49-33-32-48(62-5)36-44(49)39-64-57(45-26-16-9-17-27-45,46-28-18-10-19-29-46)47-30-20-11-21-31-47/h7-36,40-41,51,55-56H,37-39H2,1-6H3/t41-,51+,55+,56?/m0/s1. The van der Waals surface area contributed by atoms with Gasteiger partial charge >= 0.3 is 5.97 Å². The van der Waals surface area contributed by atoms with E-state index in [4.69, 9.17) is 23.9 Å². The minimum Gasteiger partial charge on any atom is -0.497 e. The van der Waals surface area contributed by atoms with E-state index >= 15 is 0 Å². The Morgan fingerprint density at radius 1 is 0.738 bits per heavy atom. The summed E-state index contributed by atoms with van der Waals surface area (Å²) in [6, 6.07) is 62.3. The van der Waals surface area contributed by atoms with Crippen LogP contribution in [-0.4, -0.2) is 49.2 Å². The second-order valence-electron chi connectivity index (χ2n) is 17.0. The van der Waals surface area contributed by atoms with E-state index in [2.05, 4.69) is 141 Å². The van der Waals surface area contributed by atoms with Gasteiger partial charge in [-0.25, -0.2) is 4.98 Å². The highest BCUT2D eigenvalue weighted by Gasteiger charge is 2.42. The number of carbonyl (C=O) groups is 1. The molecule has 65 heavy (non-hydrogen) atoms. The fourth-order valence-corrected chi connectivity index (χ4v) is 9.23. The van der Waals surface area contributed by atoms with Crippen LogP contribution in [0.1, 0.15) is 95.6 Å². The molecule has 1 unspecified atom stereocenters. The molecule has 0 radical (unpaired) electrons. The number of ether oxygens (including phenoxy) is 4. The van der Waals surface area contributed by atoms with Crippen LogP contribution in [0.4, 0.5) is 5.82 Å². The first-order valence-electron chi connectivity index (χ1n) is 22.5. The zero-order valence-corrected chi connectivity index (χ0v) is 38.2. The van der Waals surface area contributed by atoms with Gasteiger partial charge in [-0.3, -0.25) is 9.69 Å². The molecule has 7 aromatic rings. The van der Waals surface area contributed by atoms with Gasteiger partial charge in [0.05, 0.1) is 32.9 Å². The van der Waals surface area contributed by atoms with Gasteiger partial charge in [-0.1, -0.05) is 158 Å². The summed E-state index contributed by atoms with van der Waals surface area (Å²) in [4.78, 5) is 24.1. The van der Waals surface area contributed by atoms with Crippen LogP contribution in [-0.2, 0) is 37.8 Å². The molecule has 4 atom stereocenters. The fourth-order valence-electron chi connectivity index (χ4n) is 9.23. The van der Waals surface area contributed by atoms with Crippen LogP contribution in [0, 0.1) is 0 Å². The highest BCUT2D eigenvalue weighted by Crippen LogP contribution is 2.47. The molecule has 1 aromatic heterocycles. The number of aromatic nitrogens is 1. The average Bonchev–Trinajstić information content (AvgIpc) is 3.66. The Kier molecular flexibility index (Phi) is 14.2. The lowest BCUT2D eigenvalue weighted by molar-refractivity contribution is -0.140. The maximum Gasteiger partial charge on any atom is 0.306 e. The molecule has 0 bridgehead atoms. The summed E-state index contributed by atoms with van der Waals surface area (Å²) in [6.07, 6.45) is -0.627. The normalized spacial score (nSPS) is 16.9. The number of hydrogen-bond acceptors (Lipinski definition) is 8. The fraction of sp³-hybridized carbons (Fsp3) is 0.263. The molecule has 8 heteroatoms. The third-order valence-electron chi connectivity index (χ3n) is 12.8. The second kappa shape index (κ2) is 20.5. The lowest BCUT2D eigenvalue weighted by Crippen LogP contribution is -2.33. The molecule has 8 nitrogen and oxygen atoms in total. The predicted octanol–water partition coefficient (Wildman–Crippen LogP) is 11.8. The molecule has 1 saturated heterocycles. The quantitative estimate of drug-likeness (QED) is 0.0662. The van der Waals surface area contributed by atoms with E-state index in [-0.39, 0.29) is 37.2 Å². The van der Waals surface area contributed by atoms with Crippen LogP contribution < -0.4 is 9.64 Å². The van der Waals surface area contributed by atoms with E-state index in [1.807, 2.05) is 78.9 Å². The molecule has 2 heterocycles. The van der Waals surface area contributed by atoms with E-state index in [0.717, 1.165) is 50.5 Å². The SMILES string of the molecule is COC(=O)C[C@H](c1ccc(OC)cc1COC(c1ccccc1)(c1ccccc1)c1ccccc1)c1nc(N(Cc2ccccc2)C(C)C)ccc1C1O[C@@H](c2ccccc2)[C@H](C)N1C. The number of nitrogens with zero attached hydrogens (tertiary/aromatic N) is 3. The van der Waals surface area contributed by atoms with Gasteiger partial charge < -0.3 is 23.8 Å². The van der Waals surface area contributed by atoms with Gasteiger partial charge in [-0.2, -0.15) is 0 Å². The van der Waals surface area contributed by atoms with Crippen molar-refractivity contribution in [1.29, 1.82) is 0 Å². The summed E-state index contributed by atoms with van der Waals surface area (Å²) in [6.45, 7) is 7.38. The molecule has 0 aliphatic carbocycles. The predicted molar refractivity (Wildman–Crippen MR) is 258 cm³/mol. The third kappa shape index (κ3) is 9.62. The maximum atomic E-state index is 13.9. The lowest BCUT2D eigenvalue weighted by Gasteiger charge is -2.36. The lowest BCUT2D eigenvalue weighted by atomic mass is 9.80. The van der Waals surface area contributed by atoms with Crippen LogP contribution in [0.5, 0.6) is 5.75 Å². The molecule has 1 aliphatic heterocycles. The first kappa shape index (κ1) is 45.0. The van der Waals surface area contributed by atoms with E-state index < -0.39 is 17.7 Å². The van der Waals surface area contributed by atoms with E-state index in [0.29, 0.717) is 12.3 Å². The number of carbonyl (C=O) groups excluding carboxylic acids is 1. The molecule has 1 aliphatic rings. The molecule has 332 valence electrons. The monoisotopic (exact) mass is 865 g/mol. The van der Waals surface area contributed by atoms with Crippen molar-refractivity contribution in [2.75, 3.05) is 26.2 Å². The smallest absolute Gasteiger partial charge is 0.306 e. The summed E-state index contributed by atoms with van der Waals surface area (Å²) >= 11 is 0. The van der Waals surface area contributed by atoms with Crippen molar-refractivity contribution in [3.05, 3.63) is 232 Å². The molecule has 1 fully saturated rings. The van der Waals surface area contributed by atoms with Gasteiger partial charge in [0.15, 0.2) is 0 Å². The zero-order chi connectivity index (χ0) is 45.3. The Morgan fingerprint density at radius 2 is 1.29 bits per heavy atom. The number of rotatable bonds is 17. The summed E-state index contributed by atoms with van der Waals surface area (Å²) in [7, 11) is 5.21. The van der Waals surface area contributed by atoms with E-state index in [1.165, 1.54) is 12.7 Å². The van der Waals surface area contributed by atoms with E-state index in [1.54, 1.807) is 7.11 Å². The Bertz CT molecular complexity index is 2510. The molecular formula is C57H59N3O5. The first-order chi connectivity index (χ1) is 31.7. The molecule has 8 rings (SSSR count). The number of anilines is 1. The largest absolute Gasteiger partial charge is 0.497 e. The van der Waals surface area contributed by atoms with Gasteiger partial charge in [0, 0.05) is 30.1 Å². The minimum atomic E-state index is -0.997. The van der Waals surface area contributed by atoms with Crippen molar-refractivity contribution in [3.63, 3.8) is 0 Å². The van der Waals surface area contributed by atoms with Gasteiger partial charge in [0.25, 0.3) is 0 Å². The van der Waals surface area contributed by atoms with Crippen molar-refractivity contribution in [1.82, 2.24) is 9.88 Å². The number of hydrogen-bond donors (Lipinski definition) is 0. The summed E-state index contributed by atoms with van der Waals surface area (Å²) in [5.74, 6) is 0.538. The third-order valence-corrected chi connectivity index (χ3v) is 12.8. The summed E-state index contributed by atoms with van der Waals surface area (Å²) in [5.41, 5.74) is 7.58. The van der Waals surface area contributed by atoms with Crippen molar-refractivity contribution in [2.45, 2.75) is 76.3 Å². The molecule has 6 aromatic carbocycles. The van der Waals surface area contributed by atoms with Crippen molar-refractivity contribution in [2.24, 2.45) is 0 Å². The topological polar surface area (TPSA) is 73.4 Å². The Labute approximate surface area is 384 Å². The Hall–Kier alpha value is -6.58. The molecule has 0 amide bonds. The maximum absolute atomic E-state index is 13.9. The van der Waals surface area contributed by atoms with Crippen LogP contribution in [0.3, 0.4) is 0 Å². The van der Waals surface area contributed by atoms with Gasteiger partial charge in [-0.05, 0) is 91.0 Å². The number of pyridine rings is 1. The first-order valence-corrected chi connectivity index (χ1v) is 22.5. The minimum absolute atomic E-state index is 0.0228. The summed E-state index contributed by atoms with van der Waals surface area (Å²) < 4.78 is 26.0. The van der Waals surface area contributed by atoms with Crippen LogP contribution in [0.15, 0.2) is 182 Å². The van der Waals surface area contributed by atoms with Crippen LogP contribution in [0.2, 0.25) is 0 Å². The van der Waals surface area contributed by atoms with Gasteiger partial charge in [-0.15, -0.1) is 0 Å². The average molecular weight is 866 g/mol. The highest BCUT2D eigenvalue weighted by atomic mass is 16.5.